The van der Waals surface area contributed by atoms with Gasteiger partial charge in [0.2, 0.25) is 5.71 Å². The topological polar surface area (TPSA) is 163 Å². The van der Waals surface area contributed by atoms with Crippen LogP contribution >= 0.6 is 11.8 Å². The van der Waals surface area contributed by atoms with E-state index in [-0.39, 0.29) is 29.7 Å². The molecule has 1 saturated heterocycles. The summed E-state index contributed by atoms with van der Waals surface area (Å²) in [5.41, 5.74) is 5.91. The normalized spacial score (nSPS) is 21.1. The fraction of sp³-hybridized carbons (Fsp3) is 0.474. The Bertz CT molecular complexity index is 1000. The van der Waals surface area contributed by atoms with Crippen molar-refractivity contribution in [1.29, 1.82) is 0 Å². The summed E-state index contributed by atoms with van der Waals surface area (Å²) in [6, 6.07) is 0.508. The predicted molar refractivity (Wildman–Crippen MR) is 115 cm³/mol. The number of hydrogen-bond acceptors (Lipinski definition) is 10. The van der Waals surface area contributed by atoms with E-state index in [1.165, 1.54) is 28.9 Å². The molecule has 1 unspecified atom stereocenters. The molecule has 0 aromatic carbocycles. The molecule has 1 aromatic heterocycles. The summed E-state index contributed by atoms with van der Waals surface area (Å²) in [4.78, 5) is 51.7. The van der Waals surface area contributed by atoms with E-state index < -0.39 is 29.2 Å². The number of fused-ring (bicyclic) bond motifs is 1. The van der Waals surface area contributed by atoms with Crippen LogP contribution in [0.1, 0.15) is 12.7 Å². The lowest BCUT2D eigenvalue weighted by atomic mass is 10.0. The minimum Gasteiger partial charge on any atom is -0.543 e. The summed E-state index contributed by atoms with van der Waals surface area (Å²) in [7, 11) is 5.78. The summed E-state index contributed by atoms with van der Waals surface area (Å²) in [6.07, 6.45) is 1.37. The molecule has 172 valence electrons. The zero-order valence-corrected chi connectivity index (χ0v) is 19.0. The number of nitrogen functional groups attached to an aromatic ring is 1. The number of carboxylic acids is 1. The number of β-lactam (4-membered cyclic amide) rings is 1. The standard InChI is InChI=1S/C19H25N7O5S/c1-5-31-24-12(15-21-7-6-11(20)22-15)16(27)23-13-17(28)25-14(19(29)30)10(8-26(2,3)4)9-32-18(13)25/h6-7,13,18H,5,8-9H2,1-4H3,(H3-,20,21,22,23,27,29,30)/t13?,18-/m0/s1. The maximum Gasteiger partial charge on any atom is 0.278 e. The number of amides is 2. The quantitative estimate of drug-likeness (QED) is 0.190. The number of carbonyl (C=O) groups is 3. The van der Waals surface area contributed by atoms with E-state index in [9.17, 15) is 19.5 Å². The highest BCUT2D eigenvalue weighted by molar-refractivity contribution is 8.00. The zero-order chi connectivity index (χ0) is 23.6. The molecule has 2 aliphatic heterocycles. The number of nitrogens with two attached hydrogens (primary N) is 1. The molecule has 3 rings (SSSR count). The van der Waals surface area contributed by atoms with Gasteiger partial charge in [-0.2, -0.15) is 0 Å². The highest BCUT2D eigenvalue weighted by Crippen LogP contribution is 2.40. The van der Waals surface area contributed by atoms with Crippen LogP contribution in [-0.2, 0) is 19.2 Å². The molecular formula is C19H25N7O5S. The molecule has 13 heteroatoms. The molecule has 32 heavy (non-hydrogen) atoms. The number of carbonyl (C=O) groups excluding carboxylic acids is 3. The number of aromatic nitrogens is 2. The van der Waals surface area contributed by atoms with Crippen molar-refractivity contribution in [2.45, 2.75) is 18.3 Å². The number of rotatable bonds is 8. The number of aliphatic carboxylic acids is 1. The van der Waals surface area contributed by atoms with Crippen LogP contribution in [0.3, 0.4) is 0 Å². The van der Waals surface area contributed by atoms with Crippen LogP contribution in [0.15, 0.2) is 28.7 Å². The van der Waals surface area contributed by atoms with Crippen molar-refractivity contribution in [3.8, 4) is 0 Å². The molecule has 1 fully saturated rings. The zero-order valence-electron chi connectivity index (χ0n) is 18.2. The molecule has 0 bridgehead atoms. The van der Waals surface area contributed by atoms with Gasteiger partial charge in [0, 0.05) is 17.5 Å². The Morgan fingerprint density at radius 2 is 2.16 bits per heavy atom. The first-order chi connectivity index (χ1) is 15.0. The predicted octanol–water partition coefficient (Wildman–Crippen LogP) is -2.09. The van der Waals surface area contributed by atoms with Gasteiger partial charge in [-0.25, -0.2) is 9.97 Å². The number of oxime groups is 1. The van der Waals surface area contributed by atoms with Gasteiger partial charge in [0.15, 0.2) is 5.82 Å². The average molecular weight is 464 g/mol. The van der Waals surface area contributed by atoms with E-state index in [0.717, 1.165) is 0 Å². The molecule has 0 spiro atoms. The van der Waals surface area contributed by atoms with Gasteiger partial charge in [-0.1, -0.05) is 5.16 Å². The molecule has 3 heterocycles. The van der Waals surface area contributed by atoms with Gasteiger partial charge in [-0.05, 0) is 13.0 Å². The lowest BCUT2D eigenvalue weighted by molar-refractivity contribution is -0.865. The van der Waals surface area contributed by atoms with Crippen molar-refractivity contribution >= 4 is 41.1 Å². The molecule has 2 atom stereocenters. The molecule has 2 amide bonds. The molecule has 0 saturated carbocycles. The summed E-state index contributed by atoms with van der Waals surface area (Å²) in [5.74, 6) is -2.22. The summed E-state index contributed by atoms with van der Waals surface area (Å²) < 4.78 is 0.497. The van der Waals surface area contributed by atoms with Crippen LogP contribution in [0, 0.1) is 0 Å². The number of hydrogen-bond donors (Lipinski definition) is 2. The van der Waals surface area contributed by atoms with Crippen molar-refractivity contribution < 1.29 is 28.8 Å². The van der Waals surface area contributed by atoms with E-state index in [1.54, 1.807) is 6.92 Å². The lowest BCUT2D eigenvalue weighted by Gasteiger charge is -2.51. The third-order valence-corrected chi connectivity index (χ3v) is 5.92. The van der Waals surface area contributed by atoms with Crippen LogP contribution in [0.25, 0.3) is 0 Å². The van der Waals surface area contributed by atoms with Crippen molar-refractivity contribution in [2.75, 3.05) is 45.8 Å². The number of nitrogens with one attached hydrogen (secondary N) is 1. The van der Waals surface area contributed by atoms with E-state index >= 15 is 0 Å². The third kappa shape index (κ3) is 4.83. The van der Waals surface area contributed by atoms with Gasteiger partial charge >= 0.3 is 0 Å². The number of likely N-dealkylation sites (N-methyl/N-ethyl adjacent to an activating group) is 1. The first-order valence-electron chi connectivity index (χ1n) is 9.81. The summed E-state index contributed by atoms with van der Waals surface area (Å²) >= 11 is 1.37. The summed E-state index contributed by atoms with van der Waals surface area (Å²) in [6.45, 7) is 2.33. The van der Waals surface area contributed by atoms with Gasteiger partial charge in [0.25, 0.3) is 11.8 Å². The largest absolute Gasteiger partial charge is 0.543 e. The first-order valence-corrected chi connectivity index (χ1v) is 10.9. The third-order valence-electron chi connectivity index (χ3n) is 4.58. The second-order valence-electron chi connectivity index (χ2n) is 8.21. The second kappa shape index (κ2) is 9.12. The van der Waals surface area contributed by atoms with Gasteiger partial charge < -0.3 is 30.3 Å². The number of carboxylic acid groups (broad SMARTS) is 1. The van der Waals surface area contributed by atoms with Crippen molar-refractivity contribution in [3.05, 3.63) is 29.4 Å². The van der Waals surface area contributed by atoms with Crippen molar-refractivity contribution in [2.24, 2.45) is 5.16 Å². The van der Waals surface area contributed by atoms with E-state index in [1.807, 2.05) is 21.1 Å². The van der Waals surface area contributed by atoms with E-state index in [4.69, 9.17) is 10.6 Å². The molecule has 1 aromatic rings. The van der Waals surface area contributed by atoms with Crippen molar-refractivity contribution in [1.82, 2.24) is 20.2 Å². The Hall–Kier alpha value is -3.19. The Morgan fingerprint density at radius 1 is 1.44 bits per heavy atom. The monoisotopic (exact) mass is 463 g/mol. The van der Waals surface area contributed by atoms with E-state index in [0.29, 0.717) is 22.4 Å². The smallest absolute Gasteiger partial charge is 0.278 e. The lowest BCUT2D eigenvalue weighted by Crippen LogP contribution is -2.71. The minimum atomic E-state index is -1.41. The van der Waals surface area contributed by atoms with Crippen LogP contribution in [-0.4, -0.2) is 94.3 Å². The second-order valence-corrected chi connectivity index (χ2v) is 9.32. The first kappa shape index (κ1) is 23.5. The van der Waals surface area contributed by atoms with Gasteiger partial charge in [0.05, 0.1) is 32.8 Å². The summed E-state index contributed by atoms with van der Waals surface area (Å²) in [5, 5.41) is 17.6. The number of nitrogens with zero attached hydrogens (tertiary/aromatic N) is 5. The Morgan fingerprint density at radius 3 is 2.75 bits per heavy atom. The number of quaternary nitrogens is 1. The highest BCUT2D eigenvalue weighted by Gasteiger charge is 2.53. The van der Waals surface area contributed by atoms with Crippen LogP contribution in [0.5, 0.6) is 0 Å². The molecule has 3 N–H and O–H groups in total. The maximum absolute atomic E-state index is 12.9. The molecule has 0 aliphatic carbocycles. The fourth-order valence-electron chi connectivity index (χ4n) is 3.38. The maximum atomic E-state index is 12.9. The minimum absolute atomic E-state index is 0.0589. The molecule has 2 aliphatic rings. The Labute approximate surface area is 189 Å². The van der Waals surface area contributed by atoms with Gasteiger partial charge in [0.1, 0.15) is 30.4 Å². The molecule has 0 radical (unpaired) electrons. The fourth-order valence-corrected chi connectivity index (χ4v) is 4.71. The SMILES string of the molecule is CCON=C(C(=O)NC1C(=O)N2C(C(=O)[O-])=C(C[N+](C)(C)C)CS[C@@H]12)c1nccc(N)n1. The van der Waals surface area contributed by atoms with Crippen LogP contribution < -0.4 is 16.2 Å². The van der Waals surface area contributed by atoms with Crippen LogP contribution in [0.2, 0.25) is 0 Å². The highest BCUT2D eigenvalue weighted by atomic mass is 32.2. The van der Waals surface area contributed by atoms with Gasteiger partial charge in [-0.3, -0.25) is 14.5 Å². The number of thioether (sulfide) groups is 1. The molecule has 12 nitrogen and oxygen atoms in total. The van der Waals surface area contributed by atoms with Gasteiger partial charge in [-0.15, -0.1) is 11.8 Å². The van der Waals surface area contributed by atoms with E-state index in [2.05, 4.69) is 20.4 Å². The molecular weight excluding hydrogens is 438 g/mol. The van der Waals surface area contributed by atoms with Crippen molar-refractivity contribution in [3.63, 3.8) is 0 Å². The Balaban J connectivity index is 1.82. The average Bonchev–Trinajstić information content (AvgIpc) is 2.70. The number of anilines is 1. The Kier molecular flexibility index (Phi) is 6.69. The van der Waals surface area contributed by atoms with Crippen LogP contribution in [0.4, 0.5) is 5.82 Å².